The zero-order chi connectivity index (χ0) is 11.9. The number of ether oxygens (including phenoxy) is 1. The van der Waals surface area contributed by atoms with Gasteiger partial charge in [-0.1, -0.05) is 0 Å². The Morgan fingerprint density at radius 3 is 1.80 bits per heavy atom. The third kappa shape index (κ3) is 10.4. The first-order chi connectivity index (χ1) is 6.86. The monoisotopic (exact) mass is 331 g/mol. The molecule has 8 heteroatoms. The maximum absolute atomic E-state index is 8.29. The molecule has 0 amide bonds. The molecule has 0 radical (unpaired) electrons. The van der Waals surface area contributed by atoms with Crippen LogP contribution < -0.4 is 4.74 Å². The van der Waals surface area contributed by atoms with E-state index < -0.39 is 9.20 Å². The molecule has 0 aliphatic heterocycles. The minimum absolute atomic E-state index is 0.529. The molecule has 0 saturated heterocycles. The van der Waals surface area contributed by atoms with Crippen molar-refractivity contribution in [2.45, 2.75) is 0 Å². The van der Waals surface area contributed by atoms with Gasteiger partial charge in [0, 0.05) is 12.1 Å². The van der Waals surface area contributed by atoms with Gasteiger partial charge in [0.2, 0.25) is 5.39 Å². The summed E-state index contributed by atoms with van der Waals surface area (Å²) in [6.45, 7) is 0. The van der Waals surface area contributed by atoms with Gasteiger partial charge in [-0.05, 0) is 12.1 Å². The molecule has 87 valence electrons. The molecule has 0 aromatic heterocycles. The normalized spacial score (nSPS) is 10.7. The van der Waals surface area contributed by atoms with Crippen LogP contribution >= 0.6 is 40.4 Å². The van der Waals surface area contributed by atoms with Crippen LogP contribution in [0.15, 0.2) is 24.3 Å². The summed E-state index contributed by atoms with van der Waals surface area (Å²) in [5.41, 5.74) is 0.529. The zero-order valence-electron chi connectivity index (χ0n) is 7.48. The van der Waals surface area contributed by atoms with Crippen LogP contribution in [0.25, 0.3) is 4.98 Å². The van der Waals surface area contributed by atoms with E-state index in [2.05, 4.69) is 4.98 Å². The molecular formula is C7H7Cl4FeN2O. The van der Waals surface area contributed by atoms with E-state index in [4.69, 9.17) is 50.5 Å². The number of methoxy groups -OCH3 is 1. The molecule has 0 atom stereocenters. The molecule has 0 heterocycles. The van der Waals surface area contributed by atoms with E-state index >= 15 is 0 Å². The van der Waals surface area contributed by atoms with Crippen molar-refractivity contribution in [2.24, 2.45) is 0 Å². The van der Waals surface area contributed by atoms with Crippen molar-refractivity contribution >= 4 is 46.1 Å². The van der Waals surface area contributed by atoms with E-state index in [1.165, 1.54) is 0 Å². The van der Waals surface area contributed by atoms with E-state index in [0.29, 0.717) is 5.69 Å². The van der Waals surface area contributed by atoms with Crippen LogP contribution in [0.5, 0.6) is 5.75 Å². The van der Waals surface area contributed by atoms with Crippen molar-refractivity contribution in [3.8, 4) is 5.75 Å². The number of halogens is 4. The van der Waals surface area contributed by atoms with Crippen molar-refractivity contribution in [2.75, 3.05) is 7.11 Å². The Morgan fingerprint density at radius 1 is 1.13 bits per heavy atom. The van der Waals surface area contributed by atoms with Crippen LogP contribution in [0.4, 0.5) is 5.69 Å². The predicted molar refractivity (Wildman–Crippen MR) is 61.2 cm³/mol. The second-order valence-electron chi connectivity index (χ2n) is 2.10. The van der Waals surface area contributed by atoms with Gasteiger partial charge < -0.3 is 4.74 Å². The molecule has 3 nitrogen and oxygen atoms in total. The Morgan fingerprint density at radius 2 is 1.53 bits per heavy atom. The Hall–Kier alpha value is 0.119. The van der Waals surface area contributed by atoms with Gasteiger partial charge in [0.25, 0.3) is 0 Å². The van der Waals surface area contributed by atoms with Gasteiger partial charge in [-0.25, -0.2) is 0 Å². The van der Waals surface area contributed by atoms with Crippen molar-refractivity contribution < 1.29 is 13.9 Å². The van der Waals surface area contributed by atoms with Crippen LogP contribution in [-0.2, 0) is 9.20 Å². The molecule has 1 rings (SSSR count). The summed E-state index contributed by atoms with van der Waals surface area (Å²) in [5.74, 6) is 0.757. The van der Waals surface area contributed by atoms with Crippen molar-refractivity contribution in [1.29, 1.82) is 5.39 Å². The molecular weight excluding hydrogens is 326 g/mol. The first-order valence-electron chi connectivity index (χ1n) is 3.39. The average Bonchev–Trinajstić information content (AvgIpc) is 2.15. The standard InChI is InChI=1S/C7H7N2O.4ClH.Fe/c1-10-7-4-2-6(9-8)3-5-7;;;;;/h2-5H,1H3;4*1H;/q+1;;;;;+3/p-4. The quantitative estimate of drug-likeness (QED) is 0.540. The summed E-state index contributed by atoms with van der Waals surface area (Å²) in [6.07, 6.45) is 0. The van der Waals surface area contributed by atoms with Crippen LogP contribution in [-0.4, -0.2) is 7.11 Å². The first kappa shape index (κ1) is 15.1. The van der Waals surface area contributed by atoms with E-state index in [0.717, 1.165) is 5.75 Å². The summed E-state index contributed by atoms with van der Waals surface area (Å²) in [7, 11) is 18.8. The second kappa shape index (κ2) is 7.40. The van der Waals surface area contributed by atoms with Crippen LogP contribution in [0, 0.1) is 5.39 Å². The Bertz CT molecular complexity index is 326. The molecule has 1 aromatic rings. The van der Waals surface area contributed by atoms with Gasteiger partial charge >= 0.3 is 55.3 Å². The van der Waals surface area contributed by atoms with Crippen LogP contribution in [0.1, 0.15) is 0 Å². The van der Waals surface area contributed by atoms with Crippen LogP contribution in [0.2, 0.25) is 0 Å². The fourth-order valence-corrected chi connectivity index (χ4v) is 0.649. The van der Waals surface area contributed by atoms with Gasteiger partial charge in [0.1, 0.15) is 5.75 Å². The summed E-state index contributed by atoms with van der Waals surface area (Å²) in [6, 6.07) is 6.79. The van der Waals surface area contributed by atoms with Gasteiger partial charge in [0.15, 0.2) is 4.98 Å². The zero-order valence-corrected chi connectivity index (χ0v) is 11.6. The summed E-state index contributed by atoms with van der Waals surface area (Å²) in [4.78, 5) is 2.99. The van der Waals surface area contributed by atoms with Gasteiger partial charge in [0.05, 0.1) is 7.11 Å². The maximum atomic E-state index is 8.29. The number of diazo groups is 1. The Labute approximate surface area is 107 Å². The topological polar surface area (TPSA) is 37.4 Å². The van der Waals surface area contributed by atoms with E-state index in [1.807, 2.05) is 0 Å². The minimum atomic E-state index is -2.61. The summed E-state index contributed by atoms with van der Waals surface area (Å²) < 4.78 is 4.89. The first-order valence-corrected chi connectivity index (χ1v) is 9.47. The Kier molecular flexibility index (Phi) is 7.46. The molecule has 15 heavy (non-hydrogen) atoms. The molecule has 0 fully saturated rings. The van der Waals surface area contributed by atoms with E-state index in [9.17, 15) is 0 Å². The SMILES string of the molecule is COc1ccc([N+]#N)cc1.[Cl][Fe-]([Cl])([Cl])[Cl]. The average molecular weight is 333 g/mol. The molecule has 0 aliphatic carbocycles. The van der Waals surface area contributed by atoms with Gasteiger partial charge in [-0.3, -0.25) is 0 Å². The fraction of sp³-hybridized carbons (Fsp3) is 0.143. The van der Waals surface area contributed by atoms with Crippen molar-refractivity contribution in [3.05, 3.63) is 29.2 Å². The number of nitrogens with zero attached hydrogens (tertiary/aromatic N) is 2. The summed E-state index contributed by atoms with van der Waals surface area (Å²) >= 11 is 0. The van der Waals surface area contributed by atoms with E-state index in [-0.39, 0.29) is 0 Å². The fourth-order valence-electron chi connectivity index (χ4n) is 0.649. The number of hydrogen-bond acceptors (Lipinski definition) is 2. The third-order valence-electron chi connectivity index (χ3n) is 1.19. The molecule has 0 spiro atoms. The molecule has 0 saturated carbocycles. The molecule has 0 aliphatic rings. The number of rotatable bonds is 1. The van der Waals surface area contributed by atoms with Crippen molar-refractivity contribution in [3.63, 3.8) is 0 Å². The molecule has 0 bridgehead atoms. The predicted octanol–water partition coefficient (Wildman–Crippen LogP) is 4.94. The Balaban J connectivity index is 0.000000336. The second-order valence-corrected chi connectivity index (χ2v) is 13.0. The van der Waals surface area contributed by atoms with Gasteiger partial charge in [-0.15, -0.1) is 0 Å². The van der Waals surface area contributed by atoms with Gasteiger partial charge in [-0.2, -0.15) is 0 Å². The number of benzene rings is 1. The van der Waals surface area contributed by atoms with Crippen molar-refractivity contribution in [1.82, 2.24) is 0 Å². The van der Waals surface area contributed by atoms with Crippen LogP contribution in [0.3, 0.4) is 0 Å². The third-order valence-corrected chi connectivity index (χ3v) is 1.19. The number of hydrogen-bond donors (Lipinski definition) is 0. The summed E-state index contributed by atoms with van der Waals surface area (Å²) in [5, 5.41) is 8.29. The molecule has 0 unspecified atom stereocenters. The molecule has 1 aromatic carbocycles. The van der Waals surface area contributed by atoms with E-state index in [1.54, 1.807) is 31.4 Å². The molecule has 0 N–H and O–H groups in total.